The lowest BCUT2D eigenvalue weighted by molar-refractivity contribution is -0.122. The van der Waals surface area contributed by atoms with E-state index in [4.69, 9.17) is 9.84 Å². The van der Waals surface area contributed by atoms with Crippen LogP contribution in [0.4, 0.5) is 5.69 Å². The molecule has 1 N–H and O–H groups in total. The molecule has 0 saturated carbocycles. The van der Waals surface area contributed by atoms with Gasteiger partial charge in [-0.05, 0) is 60.7 Å². The summed E-state index contributed by atoms with van der Waals surface area (Å²) in [4.78, 5) is 30.8. The number of nitrogens with zero attached hydrogens (tertiary/aromatic N) is 2. The van der Waals surface area contributed by atoms with Crippen molar-refractivity contribution >= 4 is 40.6 Å². The second-order valence-corrected chi connectivity index (χ2v) is 8.23. The van der Waals surface area contributed by atoms with Gasteiger partial charge in [0.05, 0.1) is 16.2 Å². The molecule has 166 valence electrons. The Balaban J connectivity index is 1.57. The van der Waals surface area contributed by atoms with Crippen molar-refractivity contribution in [3.63, 3.8) is 0 Å². The summed E-state index contributed by atoms with van der Waals surface area (Å²) >= 11 is 1.29. The van der Waals surface area contributed by atoms with Crippen LogP contribution in [-0.4, -0.2) is 33.6 Å². The van der Waals surface area contributed by atoms with E-state index in [0.717, 1.165) is 11.1 Å². The van der Waals surface area contributed by atoms with Crippen LogP contribution in [0.15, 0.2) is 88.8 Å². The number of hydrogen-bond acceptors (Lipinski definition) is 5. The maximum Gasteiger partial charge on any atom is 0.335 e. The van der Waals surface area contributed by atoms with Crippen LogP contribution in [0.5, 0.6) is 5.75 Å². The average Bonchev–Trinajstić information content (AvgIpc) is 3.13. The van der Waals surface area contributed by atoms with E-state index in [0.29, 0.717) is 34.7 Å². The molecule has 1 fully saturated rings. The number of amides is 1. The zero-order chi connectivity index (χ0) is 23.2. The summed E-state index contributed by atoms with van der Waals surface area (Å²) < 4.78 is 6.02. The Labute approximate surface area is 196 Å². The number of amidine groups is 1. The lowest BCUT2D eigenvalue weighted by Gasteiger charge is -2.12. The molecule has 1 aliphatic rings. The summed E-state index contributed by atoms with van der Waals surface area (Å²) in [5, 5.41) is 9.62. The van der Waals surface area contributed by atoms with Gasteiger partial charge in [-0.15, -0.1) is 0 Å². The molecule has 0 atom stereocenters. The molecule has 0 aliphatic carbocycles. The van der Waals surface area contributed by atoms with Crippen LogP contribution >= 0.6 is 11.8 Å². The van der Waals surface area contributed by atoms with E-state index in [2.05, 4.69) is 4.99 Å². The molecule has 33 heavy (non-hydrogen) atoms. The molecule has 1 heterocycles. The Hall–Kier alpha value is -3.84. The van der Waals surface area contributed by atoms with Gasteiger partial charge in [0.25, 0.3) is 5.91 Å². The van der Waals surface area contributed by atoms with Crippen LogP contribution < -0.4 is 4.74 Å². The van der Waals surface area contributed by atoms with Crippen molar-refractivity contribution in [2.24, 2.45) is 4.99 Å². The minimum Gasteiger partial charge on any atom is -0.488 e. The Morgan fingerprint density at radius 3 is 2.42 bits per heavy atom. The third-order valence-corrected chi connectivity index (χ3v) is 5.99. The molecule has 1 saturated heterocycles. The summed E-state index contributed by atoms with van der Waals surface area (Å²) in [5.74, 6) is -0.422. The molecular weight excluding hydrogens is 436 g/mol. The number of carbonyl (C=O) groups is 2. The molecule has 4 rings (SSSR count). The Morgan fingerprint density at radius 2 is 1.73 bits per heavy atom. The first kappa shape index (κ1) is 22.4. The van der Waals surface area contributed by atoms with Crippen molar-refractivity contribution in [1.82, 2.24) is 4.90 Å². The third kappa shape index (κ3) is 5.32. The number of carboxylic acids is 1. The minimum atomic E-state index is -0.992. The Morgan fingerprint density at radius 1 is 1.03 bits per heavy atom. The first-order chi connectivity index (χ1) is 16.0. The van der Waals surface area contributed by atoms with Gasteiger partial charge >= 0.3 is 5.97 Å². The molecule has 0 unspecified atom stereocenters. The maximum absolute atomic E-state index is 13.0. The molecule has 1 aliphatic heterocycles. The molecule has 6 nitrogen and oxygen atoms in total. The molecule has 0 bridgehead atoms. The zero-order valence-corrected chi connectivity index (χ0v) is 18.8. The zero-order valence-electron chi connectivity index (χ0n) is 18.0. The summed E-state index contributed by atoms with van der Waals surface area (Å²) in [6, 6.07) is 23.8. The number of likely N-dealkylation sites (N-methyl/N-ethyl adjacent to an activating group) is 1. The van der Waals surface area contributed by atoms with Gasteiger partial charge in [-0.25, -0.2) is 9.79 Å². The quantitative estimate of drug-likeness (QED) is 0.467. The molecule has 0 spiro atoms. The first-order valence-corrected chi connectivity index (χ1v) is 11.3. The number of aliphatic imine (C=N–C) groups is 1. The number of thioether (sulfide) groups is 1. The highest BCUT2D eigenvalue weighted by molar-refractivity contribution is 8.18. The number of rotatable bonds is 7. The number of carboxylic acid groups (broad SMARTS) is 1. The van der Waals surface area contributed by atoms with Gasteiger partial charge in [-0.2, -0.15) is 0 Å². The van der Waals surface area contributed by atoms with Crippen LogP contribution in [0.3, 0.4) is 0 Å². The average molecular weight is 459 g/mol. The smallest absolute Gasteiger partial charge is 0.335 e. The molecule has 0 aromatic heterocycles. The van der Waals surface area contributed by atoms with Crippen LogP contribution in [-0.2, 0) is 11.4 Å². The van der Waals surface area contributed by atoms with Gasteiger partial charge in [-0.1, -0.05) is 48.5 Å². The Bertz CT molecular complexity index is 1220. The molecule has 0 radical (unpaired) electrons. The number of ether oxygens (including phenoxy) is 1. The van der Waals surface area contributed by atoms with Crippen LogP contribution in [0, 0.1) is 0 Å². The van der Waals surface area contributed by atoms with Crippen molar-refractivity contribution in [2.75, 3.05) is 6.54 Å². The highest BCUT2D eigenvalue weighted by atomic mass is 32.2. The molecular formula is C26H22N2O4S. The monoisotopic (exact) mass is 458 g/mol. The van der Waals surface area contributed by atoms with E-state index in [-0.39, 0.29) is 11.5 Å². The van der Waals surface area contributed by atoms with Crippen LogP contribution in [0.1, 0.15) is 28.4 Å². The summed E-state index contributed by atoms with van der Waals surface area (Å²) in [7, 11) is 0. The highest BCUT2D eigenvalue weighted by Crippen LogP contribution is 2.35. The van der Waals surface area contributed by atoms with Gasteiger partial charge in [0.15, 0.2) is 5.17 Å². The van der Waals surface area contributed by atoms with Gasteiger partial charge in [0.2, 0.25) is 0 Å². The molecule has 3 aromatic carbocycles. The highest BCUT2D eigenvalue weighted by Gasteiger charge is 2.32. The van der Waals surface area contributed by atoms with E-state index in [9.17, 15) is 9.59 Å². The number of aromatic carboxylic acids is 1. The van der Waals surface area contributed by atoms with Crippen LogP contribution in [0.2, 0.25) is 0 Å². The van der Waals surface area contributed by atoms with E-state index in [1.54, 1.807) is 17.0 Å². The number of para-hydroxylation sites is 1. The van der Waals surface area contributed by atoms with Crippen LogP contribution in [0.25, 0.3) is 6.08 Å². The predicted molar refractivity (Wildman–Crippen MR) is 131 cm³/mol. The van der Waals surface area contributed by atoms with E-state index >= 15 is 0 Å². The second kappa shape index (κ2) is 10.2. The first-order valence-electron chi connectivity index (χ1n) is 10.4. The largest absolute Gasteiger partial charge is 0.488 e. The lowest BCUT2D eigenvalue weighted by Crippen LogP contribution is -2.28. The van der Waals surface area contributed by atoms with Gasteiger partial charge in [0.1, 0.15) is 12.4 Å². The fraction of sp³-hybridized carbons (Fsp3) is 0.115. The van der Waals surface area contributed by atoms with E-state index < -0.39 is 5.97 Å². The molecule has 3 aromatic rings. The van der Waals surface area contributed by atoms with Gasteiger partial charge in [-0.3, -0.25) is 9.69 Å². The standard InChI is InChI=1S/C26H22N2O4S/c1-2-28-24(29)23(33-26(28)27-21-14-12-19(13-15-21)25(30)31)16-20-10-6-7-11-22(20)32-17-18-8-4-3-5-9-18/h3-16H,2,17H2,1H3,(H,30,31)/b23-16+,27-26?. The van der Waals surface area contributed by atoms with Gasteiger partial charge < -0.3 is 9.84 Å². The lowest BCUT2D eigenvalue weighted by atomic mass is 10.1. The predicted octanol–water partition coefficient (Wildman–Crippen LogP) is 5.59. The van der Waals surface area contributed by atoms with Gasteiger partial charge in [0, 0.05) is 12.1 Å². The fourth-order valence-electron chi connectivity index (χ4n) is 3.27. The number of hydrogen-bond donors (Lipinski definition) is 1. The fourth-order valence-corrected chi connectivity index (χ4v) is 4.32. The van der Waals surface area contributed by atoms with Crippen molar-refractivity contribution in [2.45, 2.75) is 13.5 Å². The molecule has 1 amide bonds. The van der Waals surface area contributed by atoms with E-state index in [1.807, 2.05) is 67.6 Å². The number of carbonyl (C=O) groups excluding carboxylic acids is 1. The summed E-state index contributed by atoms with van der Waals surface area (Å²) in [5.41, 5.74) is 2.65. The van der Waals surface area contributed by atoms with Crippen molar-refractivity contribution in [3.05, 3.63) is 100 Å². The summed E-state index contributed by atoms with van der Waals surface area (Å²) in [6.45, 7) is 2.80. The topological polar surface area (TPSA) is 79.2 Å². The van der Waals surface area contributed by atoms with E-state index in [1.165, 1.54) is 23.9 Å². The number of benzene rings is 3. The summed E-state index contributed by atoms with van der Waals surface area (Å²) in [6.07, 6.45) is 1.83. The molecule has 7 heteroatoms. The SMILES string of the molecule is CCN1C(=O)/C(=C\c2ccccc2OCc2ccccc2)SC1=Nc1ccc(C(=O)O)cc1. The third-order valence-electron chi connectivity index (χ3n) is 4.99. The Kier molecular flexibility index (Phi) is 6.90. The second-order valence-electron chi connectivity index (χ2n) is 7.22. The van der Waals surface area contributed by atoms with Crippen molar-refractivity contribution in [1.29, 1.82) is 0 Å². The normalized spacial score (nSPS) is 15.9. The van der Waals surface area contributed by atoms with Crippen molar-refractivity contribution < 1.29 is 19.4 Å². The maximum atomic E-state index is 13.0. The minimum absolute atomic E-state index is 0.124. The van der Waals surface area contributed by atoms with Crippen molar-refractivity contribution in [3.8, 4) is 5.75 Å².